The van der Waals surface area contributed by atoms with Gasteiger partial charge in [0.2, 0.25) is 0 Å². The predicted octanol–water partition coefficient (Wildman–Crippen LogP) is 2.37. The first-order valence-corrected chi connectivity index (χ1v) is 6.25. The summed E-state index contributed by atoms with van der Waals surface area (Å²) in [4.78, 5) is 0. The first kappa shape index (κ1) is 12.6. The summed E-state index contributed by atoms with van der Waals surface area (Å²) in [5.74, 6) is 0.870. The Bertz CT molecular complexity index is 450. The van der Waals surface area contributed by atoms with Crippen LogP contribution in [0.25, 0.3) is 0 Å². The van der Waals surface area contributed by atoms with E-state index in [1.165, 1.54) is 0 Å². The molecule has 0 saturated carbocycles. The van der Waals surface area contributed by atoms with Crippen molar-refractivity contribution in [1.82, 2.24) is 9.78 Å². The molecule has 0 amide bonds. The van der Waals surface area contributed by atoms with E-state index in [4.69, 9.17) is 10.5 Å². The van der Waals surface area contributed by atoms with Gasteiger partial charge < -0.3 is 10.5 Å². The van der Waals surface area contributed by atoms with Crippen LogP contribution < -0.4 is 10.5 Å². The molecule has 4 heteroatoms. The Morgan fingerprint density at radius 2 is 2.11 bits per heavy atom. The number of aromatic nitrogens is 2. The van der Waals surface area contributed by atoms with Crippen molar-refractivity contribution in [3.8, 4) is 5.75 Å². The molecule has 1 aromatic carbocycles. The maximum absolute atomic E-state index is 5.96. The molecule has 18 heavy (non-hydrogen) atoms. The largest absolute Gasteiger partial charge is 0.492 e. The zero-order valence-corrected chi connectivity index (χ0v) is 10.6. The van der Waals surface area contributed by atoms with E-state index < -0.39 is 0 Å². The number of hydrogen-bond acceptors (Lipinski definition) is 3. The molecule has 4 nitrogen and oxygen atoms in total. The van der Waals surface area contributed by atoms with Crippen LogP contribution in [-0.2, 0) is 6.54 Å². The molecule has 0 bridgehead atoms. The minimum Gasteiger partial charge on any atom is -0.492 e. The van der Waals surface area contributed by atoms with Gasteiger partial charge in [0.05, 0.1) is 6.54 Å². The van der Waals surface area contributed by atoms with E-state index in [1.54, 1.807) is 6.20 Å². The van der Waals surface area contributed by atoms with Gasteiger partial charge in [0.1, 0.15) is 12.4 Å². The van der Waals surface area contributed by atoms with E-state index >= 15 is 0 Å². The summed E-state index contributed by atoms with van der Waals surface area (Å²) in [6, 6.07) is 10.0. The van der Waals surface area contributed by atoms with Crippen molar-refractivity contribution < 1.29 is 4.74 Å². The minimum absolute atomic E-state index is 0.114. The van der Waals surface area contributed by atoms with Crippen molar-refractivity contribution in [2.45, 2.75) is 25.9 Å². The van der Waals surface area contributed by atoms with Gasteiger partial charge in [-0.2, -0.15) is 5.10 Å². The molecule has 1 aromatic heterocycles. The fourth-order valence-corrected chi connectivity index (χ4v) is 1.74. The summed E-state index contributed by atoms with van der Waals surface area (Å²) in [5.41, 5.74) is 7.11. The molecule has 1 heterocycles. The number of ether oxygens (including phenoxy) is 1. The lowest BCUT2D eigenvalue weighted by atomic mass is 10.1. The van der Waals surface area contributed by atoms with Crippen molar-refractivity contribution in [2.75, 3.05) is 6.61 Å². The van der Waals surface area contributed by atoms with Gasteiger partial charge in [-0.1, -0.05) is 19.1 Å². The predicted molar refractivity (Wildman–Crippen MR) is 71.4 cm³/mol. The normalized spacial score (nSPS) is 12.3. The highest BCUT2D eigenvalue weighted by atomic mass is 16.5. The van der Waals surface area contributed by atoms with Gasteiger partial charge in [0.15, 0.2) is 0 Å². The van der Waals surface area contributed by atoms with Crippen molar-refractivity contribution >= 4 is 0 Å². The van der Waals surface area contributed by atoms with Crippen LogP contribution in [0.2, 0.25) is 0 Å². The highest BCUT2D eigenvalue weighted by Gasteiger charge is 2.02. The second-order valence-corrected chi connectivity index (χ2v) is 4.20. The fourth-order valence-electron chi connectivity index (χ4n) is 1.74. The number of nitrogens with two attached hydrogens (primary N) is 1. The number of rotatable bonds is 6. The quantitative estimate of drug-likeness (QED) is 0.850. The summed E-state index contributed by atoms with van der Waals surface area (Å²) in [7, 11) is 0. The third-order valence-electron chi connectivity index (χ3n) is 2.90. The maximum atomic E-state index is 5.96. The maximum Gasteiger partial charge on any atom is 0.119 e. The molecule has 0 unspecified atom stereocenters. The van der Waals surface area contributed by atoms with Gasteiger partial charge in [0, 0.05) is 18.4 Å². The van der Waals surface area contributed by atoms with Crippen LogP contribution in [-0.4, -0.2) is 16.4 Å². The molecule has 0 aliphatic heterocycles. The molecule has 2 rings (SSSR count). The monoisotopic (exact) mass is 245 g/mol. The lowest BCUT2D eigenvalue weighted by Gasteiger charge is -2.10. The van der Waals surface area contributed by atoms with Gasteiger partial charge in [0.25, 0.3) is 0 Å². The minimum atomic E-state index is 0.114. The topological polar surface area (TPSA) is 53.1 Å². The number of benzene rings is 1. The smallest absolute Gasteiger partial charge is 0.119 e. The lowest BCUT2D eigenvalue weighted by molar-refractivity contribution is 0.291. The van der Waals surface area contributed by atoms with E-state index in [2.05, 4.69) is 12.0 Å². The number of hydrogen-bond donors (Lipinski definition) is 1. The van der Waals surface area contributed by atoms with Crippen LogP contribution in [0.5, 0.6) is 5.75 Å². The van der Waals surface area contributed by atoms with Crippen LogP contribution in [0.3, 0.4) is 0 Å². The molecule has 96 valence electrons. The molecule has 2 aromatic rings. The Morgan fingerprint density at radius 3 is 2.72 bits per heavy atom. The third kappa shape index (κ3) is 3.34. The first-order chi connectivity index (χ1) is 8.79. The lowest BCUT2D eigenvalue weighted by Crippen LogP contribution is -2.09. The van der Waals surface area contributed by atoms with Crippen LogP contribution in [0.1, 0.15) is 24.9 Å². The average Bonchev–Trinajstić information content (AvgIpc) is 2.92. The number of nitrogens with zero attached hydrogens (tertiary/aromatic N) is 2. The summed E-state index contributed by atoms with van der Waals surface area (Å²) in [6.45, 7) is 3.45. The second kappa shape index (κ2) is 6.21. The van der Waals surface area contributed by atoms with Crippen molar-refractivity contribution in [3.05, 3.63) is 48.3 Å². The van der Waals surface area contributed by atoms with Crippen LogP contribution >= 0.6 is 0 Å². The molecule has 1 atom stereocenters. The van der Waals surface area contributed by atoms with Crippen LogP contribution in [0, 0.1) is 0 Å². The Morgan fingerprint density at radius 1 is 1.33 bits per heavy atom. The Kier molecular flexibility index (Phi) is 4.36. The van der Waals surface area contributed by atoms with Gasteiger partial charge in [-0.15, -0.1) is 0 Å². The standard InChI is InChI=1S/C14H19N3O/c1-2-14(15)12-4-6-13(7-5-12)18-11-10-17-9-3-8-16-17/h3-9,14H,2,10-11,15H2,1H3/t14-/m0/s1. The van der Waals surface area contributed by atoms with E-state index in [0.29, 0.717) is 6.61 Å². The van der Waals surface area contributed by atoms with Crippen molar-refractivity contribution in [3.63, 3.8) is 0 Å². The zero-order valence-electron chi connectivity index (χ0n) is 10.6. The molecule has 0 radical (unpaired) electrons. The van der Waals surface area contributed by atoms with Gasteiger partial charge in [-0.3, -0.25) is 4.68 Å². The highest BCUT2D eigenvalue weighted by Crippen LogP contribution is 2.18. The van der Waals surface area contributed by atoms with Gasteiger partial charge in [-0.05, 0) is 30.2 Å². The van der Waals surface area contributed by atoms with E-state index in [1.807, 2.05) is 41.2 Å². The molecule has 0 saturated heterocycles. The Hall–Kier alpha value is -1.81. The van der Waals surface area contributed by atoms with E-state index in [0.717, 1.165) is 24.3 Å². The molecule has 0 spiro atoms. The van der Waals surface area contributed by atoms with Crippen LogP contribution in [0.4, 0.5) is 0 Å². The highest BCUT2D eigenvalue weighted by molar-refractivity contribution is 5.28. The van der Waals surface area contributed by atoms with E-state index in [9.17, 15) is 0 Å². The van der Waals surface area contributed by atoms with Crippen LogP contribution in [0.15, 0.2) is 42.7 Å². The first-order valence-electron chi connectivity index (χ1n) is 6.25. The summed E-state index contributed by atoms with van der Waals surface area (Å²) < 4.78 is 7.49. The fraction of sp³-hybridized carbons (Fsp3) is 0.357. The van der Waals surface area contributed by atoms with Crippen molar-refractivity contribution in [1.29, 1.82) is 0 Å². The SMILES string of the molecule is CC[C@H](N)c1ccc(OCCn2cccn2)cc1. The molecule has 2 N–H and O–H groups in total. The summed E-state index contributed by atoms with van der Waals surface area (Å²) in [6.07, 6.45) is 4.63. The molecular weight excluding hydrogens is 226 g/mol. The summed E-state index contributed by atoms with van der Waals surface area (Å²) in [5, 5.41) is 4.12. The Labute approximate surface area is 107 Å². The molecule has 0 aliphatic rings. The zero-order chi connectivity index (χ0) is 12.8. The van der Waals surface area contributed by atoms with Gasteiger partial charge in [-0.25, -0.2) is 0 Å². The molecule has 0 aliphatic carbocycles. The Balaban J connectivity index is 1.83. The molecular formula is C14H19N3O. The summed E-state index contributed by atoms with van der Waals surface area (Å²) >= 11 is 0. The third-order valence-corrected chi connectivity index (χ3v) is 2.90. The van der Waals surface area contributed by atoms with E-state index in [-0.39, 0.29) is 6.04 Å². The second-order valence-electron chi connectivity index (χ2n) is 4.20. The molecule has 0 fully saturated rings. The van der Waals surface area contributed by atoms with Crippen molar-refractivity contribution in [2.24, 2.45) is 5.73 Å². The van der Waals surface area contributed by atoms with Gasteiger partial charge >= 0.3 is 0 Å². The average molecular weight is 245 g/mol.